The van der Waals surface area contributed by atoms with Crippen LogP contribution in [0.25, 0.3) is 11.0 Å². The number of halogens is 2. The molecule has 4 rings (SSSR count). The number of aromatic nitrogens is 2. The van der Waals surface area contributed by atoms with Crippen LogP contribution in [-0.4, -0.2) is 48.1 Å². The first-order valence-corrected chi connectivity index (χ1v) is 9.19. The smallest absolute Gasteiger partial charge is 0.263 e. The molecule has 5 nitrogen and oxygen atoms in total. The molecular formula is C19H18Cl2N4O. The summed E-state index contributed by atoms with van der Waals surface area (Å²) in [4.78, 5) is 14.0. The number of nitrogens with zero attached hydrogens (tertiary/aromatic N) is 4. The highest BCUT2D eigenvalue weighted by Gasteiger charge is 2.21. The Balaban J connectivity index is 1.75. The van der Waals surface area contributed by atoms with Crippen LogP contribution in [0.5, 0.6) is 11.6 Å². The number of rotatable bonds is 3. The molecule has 1 aliphatic heterocycles. The maximum Gasteiger partial charge on any atom is 0.263 e. The number of hydrogen-bond donors (Lipinski definition) is 0. The van der Waals surface area contributed by atoms with Crippen molar-refractivity contribution in [1.29, 1.82) is 0 Å². The van der Waals surface area contributed by atoms with E-state index in [9.17, 15) is 0 Å². The predicted octanol–water partition coefficient (Wildman–Crippen LogP) is 4.48. The molecule has 0 radical (unpaired) electrons. The third-order valence-corrected chi connectivity index (χ3v) is 5.17. The van der Waals surface area contributed by atoms with Gasteiger partial charge >= 0.3 is 0 Å². The topological polar surface area (TPSA) is 41.5 Å². The first-order valence-electron chi connectivity index (χ1n) is 8.43. The SMILES string of the molecule is CN1CCN(c2nc3ccccc3nc2Oc2ccc(Cl)c(Cl)c2)CC1. The lowest BCUT2D eigenvalue weighted by Crippen LogP contribution is -2.45. The first-order chi connectivity index (χ1) is 12.6. The van der Waals surface area contributed by atoms with E-state index in [0.717, 1.165) is 43.0 Å². The number of fused-ring (bicyclic) bond motifs is 1. The molecular weight excluding hydrogens is 371 g/mol. The molecule has 2 heterocycles. The fourth-order valence-corrected chi connectivity index (χ4v) is 3.21. The van der Waals surface area contributed by atoms with E-state index in [4.69, 9.17) is 37.9 Å². The lowest BCUT2D eigenvalue weighted by Gasteiger charge is -2.33. The lowest BCUT2D eigenvalue weighted by molar-refractivity contribution is 0.310. The van der Waals surface area contributed by atoms with Gasteiger partial charge in [-0.15, -0.1) is 0 Å². The van der Waals surface area contributed by atoms with Gasteiger partial charge in [-0.25, -0.2) is 9.97 Å². The minimum absolute atomic E-state index is 0.444. The summed E-state index contributed by atoms with van der Waals surface area (Å²) in [6, 6.07) is 13.0. The Morgan fingerprint density at radius 2 is 1.58 bits per heavy atom. The normalized spacial score (nSPS) is 15.4. The van der Waals surface area contributed by atoms with Crippen LogP contribution in [-0.2, 0) is 0 Å². The van der Waals surface area contributed by atoms with Gasteiger partial charge in [0.15, 0.2) is 5.82 Å². The molecule has 1 saturated heterocycles. The maximum absolute atomic E-state index is 6.12. The number of hydrogen-bond acceptors (Lipinski definition) is 5. The zero-order valence-corrected chi connectivity index (χ0v) is 15.8. The Kier molecular flexibility index (Phi) is 4.85. The highest BCUT2D eigenvalue weighted by molar-refractivity contribution is 6.42. The number of ether oxygens (including phenoxy) is 1. The lowest BCUT2D eigenvalue weighted by atomic mass is 10.3. The largest absolute Gasteiger partial charge is 0.436 e. The molecule has 0 unspecified atom stereocenters. The molecule has 134 valence electrons. The number of benzene rings is 2. The third-order valence-electron chi connectivity index (χ3n) is 4.43. The van der Waals surface area contributed by atoms with Crippen molar-refractivity contribution >= 4 is 40.1 Å². The average molecular weight is 389 g/mol. The second-order valence-electron chi connectivity index (χ2n) is 6.31. The average Bonchev–Trinajstić information content (AvgIpc) is 2.65. The van der Waals surface area contributed by atoms with Crippen molar-refractivity contribution < 1.29 is 4.74 Å². The van der Waals surface area contributed by atoms with E-state index in [-0.39, 0.29) is 0 Å². The van der Waals surface area contributed by atoms with Gasteiger partial charge in [0.25, 0.3) is 5.88 Å². The summed E-state index contributed by atoms with van der Waals surface area (Å²) in [7, 11) is 2.12. The summed E-state index contributed by atoms with van der Waals surface area (Å²) < 4.78 is 6.06. The van der Waals surface area contributed by atoms with Gasteiger partial charge in [0, 0.05) is 32.2 Å². The second-order valence-corrected chi connectivity index (χ2v) is 7.12. The van der Waals surface area contributed by atoms with E-state index >= 15 is 0 Å². The number of para-hydroxylation sites is 2. The third kappa shape index (κ3) is 3.56. The molecule has 0 saturated carbocycles. The molecule has 0 amide bonds. The van der Waals surface area contributed by atoms with Crippen LogP contribution in [0, 0.1) is 0 Å². The van der Waals surface area contributed by atoms with Gasteiger partial charge in [-0.05, 0) is 31.3 Å². The second kappa shape index (κ2) is 7.27. The van der Waals surface area contributed by atoms with E-state index in [1.165, 1.54) is 0 Å². The van der Waals surface area contributed by atoms with Crippen molar-refractivity contribution in [2.24, 2.45) is 0 Å². The fourth-order valence-electron chi connectivity index (χ4n) is 2.92. The van der Waals surface area contributed by atoms with E-state index in [2.05, 4.69) is 16.8 Å². The van der Waals surface area contributed by atoms with E-state index in [1.807, 2.05) is 24.3 Å². The van der Waals surface area contributed by atoms with Gasteiger partial charge in [0.2, 0.25) is 0 Å². The Labute approximate surface area is 162 Å². The van der Waals surface area contributed by atoms with Gasteiger partial charge in [-0.1, -0.05) is 35.3 Å². The van der Waals surface area contributed by atoms with Crippen molar-refractivity contribution in [2.45, 2.75) is 0 Å². The summed E-state index contributed by atoms with van der Waals surface area (Å²) in [6.45, 7) is 3.70. The Morgan fingerprint density at radius 1 is 0.885 bits per heavy atom. The molecule has 0 bridgehead atoms. The van der Waals surface area contributed by atoms with Crippen LogP contribution in [0.4, 0.5) is 5.82 Å². The van der Waals surface area contributed by atoms with Crippen LogP contribution in [0.1, 0.15) is 0 Å². The van der Waals surface area contributed by atoms with Crippen LogP contribution < -0.4 is 9.64 Å². The Bertz CT molecular complexity index is 942. The van der Waals surface area contributed by atoms with Crippen molar-refractivity contribution in [3.63, 3.8) is 0 Å². The summed E-state index contributed by atoms with van der Waals surface area (Å²) >= 11 is 12.1. The standard InChI is InChI=1S/C19H18Cl2N4O/c1-24-8-10-25(11-9-24)18-19(23-17-5-3-2-4-16(17)22-18)26-13-6-7-14(20)15(21)12-13/h2-7,12H,8-11H2,1H3. The molecule has 0 atom stereocenters. The summed E-state index contributed by atoms with van der Waals surface area (Å²) in [5.74, 6) is 1.81. The molecule has 1 aromatic heterocycles. The number of likely N-dealkylation sites (N-methyl/N-ethyl adjacent to an activating group) is 1. The van der Waals surface area contributed by atoms with Crippen molar-refractivity contribution in [3.8, 4) is 11.6 Å². The molecule has 0 aliphatic carbocycles. The zero-order valence-electron chi connectivity index (χ0n) is 14.3. The summed E-state index contributed by atoms with van der Waals surface area (Å²) in [5, 5.41) is 0.932. The Morgan fingerprint density at radius 3 is 2.27 bits per heavy atom. The van der Waals surface area contributed by atoms with Crippen molar-refractivity contribution in [2.75, 3.05) is 38.1 Å². The van der Waals surface area contributed by atoms with Crippen LogP contribution in [0.15, 0.2) is 42.5 Å². The van der Waals surface area contributed by atoms with E-state index in [0.29, 0.717) is 21.7 Å². The van der Waals surface area contributed by atoms with Gasteiger partial charge in [-0.3, -0.25) is 0 Å². The van der Waals surface area contributed by atoms with Gasteiger partial charge in [0.05, 0.1) is 21.1 Å². The van der Waals surface area contributed by atoms with Crippen molar-refractivity contribution in [3.05, 3.63) is 52.5 Å². The van der Waals surface area contributed by atoms with Crippen molar-refractivity contribution in [1.82, 2.24) is 14.9 Å². The molecule has 0 spiro atoms. The maximum atomic E-state index is 6.12. The zero-order chi connectivity index (χ0) is 18.1. The minimum atomic E-state index is 0.444. The first kappa shape index (κ1) is 17.3. The molecule has 26 heavy (non-hydrogen) atoms. The molecule has 3 aromatic rings. The molecule has 1 aliphatic rings. The number of piperazine rings is 1. The molecule has 1 fully saturated rings. The van der Waals surface area contributed by atoms with Crippen LogP contribution >= 0.6 is 23.2 Å². The highest BCUT2D eigenvalue weighted by Crippen LogP contribution is 2.34. The molecule has 2 aromatic carbocycles. The summed E-state index contributed by atoms with van der Waals surface area (Å²) in [6.07, 6.45) is 0. The van der Waals surface area contributed by atoms with Crippen LogP contribution in [0.3, 0.4) is 0 Å². The minimum Gasteiger partial charge on any atom is -0.436 e. The monoisotopic (exact) mass is 388 g/mol. The molecule has 0 N–H and O–H groups in total. The fraction of sp³-hybridized carbons (Fsp3) is 0.263. The Hall–Kier alpha value is -2.08. The van der Waals surface area contributed by atoms with Gasteiger partial charge in [0.1, 0.15) is 5.75 Å². The van der Waals surface area contributed by atoms with Gasteiger partial charge < -0.3 is 14.5 Å². The highest BCUT2D eigenvalue weighted by atomic mass is 35.5. The van der Waals surface area contributed by atoms with Crippen LogP contribution in [0.2, 0.25) is 10.0 Å². The predicted molar refractivity (Wildman–Crippen MR) is 106 cm³/mol. The summed E-state index contributed by atoms with van der Waals surface area (Å²) in [5.41, 5.74) is 1.64. The number of anilines is 1. The van der Waals surface area contributed by atoms with E-state index in [1.54, 1.807) is 18.2 Å². The molecule has 7 heteroatoms. The van der Waals surface area contributed by atoms with E-state index < -0.39 is 0 Å². The van der Waals surface area contributed by atoms with Gasteiger partial charge in [-0.2, -0.15) is 0 Å². The quantitative estimate of drug-likeness (QED) is 0.661.